The van der Waals surface area contributed by atoms with E-state index in [0.717, 1.165) is 0 Å². The van der Waals surface area contributed by atoms with Crippen molar-refractivity contribution in [3.8, 4) is 11.1 Å². The first-order chi connectivity index (χ1) is 17.2. The molecular weight excluding hydrogens is 420 g/mol. The molecule has 0 atom stereocenters. The van der Waals surface area contributed by atoms with Gasteiger partial charge in [0.25, 0.3) is 0 Å². The topological polar surface area (TPSA) is 0 Å². The first-order valence-electron chi connectivity index (χ1n) is 14.8. The lowest BCUT2D eigenvalue weighted by atomic mass is 9.70. The second kappa shape index (κ2) is 11.3. The van der Waals surface area contributed by atoms with Gasteiger partial charge in [0.05, 0.1) is 0 Å². The molecule has 35 heavy (non-hydrogen) atoms. The van der Waals surface area contributed by atoms with E-state index in [0.29, 0.717) is 0 Å². The van der Waals surface area contributed by atoms with Crippen LogP contribution in [0.25, 0.3) is 21.9 Å². The number of hydrogen-bond donors (Lipinski definition) is 0. The molecule has 0 heteroatoms. The summed E-state index contributed by atoms with van der Waals surface area (Å²) >= 11 is 0. The second-order valence-corrected chi connectivity index (χ2v) is 11.7. The third kappa shape index (κ3) is 5.09. The van der Waals surface area contributed by atoms with Crippen molar-refractivity contribution in [2.24, 2.45) is 0 Å². The zero-order valence-corrected chi connectivity index (χ0v) is 22.4. The number of aryl methyl sites for hydroxylation is 2. The highest BCUT2D eigenvalue weighted by molar-refractivity contribution is 6.04. The fourth-order valence-electron chi connectivity index (χ4n) is 7.28. The lowest BCUT2D eigenvalue weighted by molar-refractivity contribution is 0.398. The fourth-order valence-corrected chi connectivity index (χ4v) is 7.28. The van der Waals surface area contributed by atoms with Crippen LogP contribution in [0.1, 0.15) is 125 Å². The summed E-state index contributed by atoms with van der Waals surface area (Å²) in [5, 5.41) is 2.90. The predicted octanol–water partition coefficient (Wildman–Crippen LogP) is 11.0. The Balaban J connectivity index is 1.55. The van der Waals surface area contributed by atoms with Gasteiger partial charge in [-0.15, -0.1) is 0 Å². The average molecular weight is 467 g/mol. The van der Waals surface area contributed by atoms with Crippen LogP contribution in [-0.2, 0) is 5.41 Å². The average Bonchev–Trinajstić information content (AvgIpc) is 3.12. The molecule has 0 aliphatic heterocycles. The van der Waals surface area contributed by atoms with Crippen LogP contribution in [0.15, 0.2) is 48.5 Å². The van der Waals surface area contributed by atoms with Crippen molar-refractivity contribution in [3.63, 3.8) is 0 Å². The van der Waals surface area contributed by atoms with E-state index in [1.165, 1.54) is 130 Å². The molecule has 5 rings (SSSR count). The summed E-state index contributed by atoms with van der Waals surface area (Å²) in [7, 11) is 0. The molecule has 2 aliphatic carbocycles. The van der Waals surface area contributed by atoms with E-state index in [1.54, 1.807) is 16.7 Å². The van der Waals surface area contributed by atoms with Crippen molar-refractivity contribution in [2.45, 2.75) is 122 Å². The number of fused-ring (bicyclic) bond motifs is 7. The standard InChI is InChI=1S/C35H46/c1-27-21-22-31-32(25-27)35(33-26-28(2)29-19-15-16-20-30(29)34(31)33)23-17-13-11-9-7-5-3-4-6-8-10-12-14-18-24-35/h15-16,19-22,25-26H,3-14,17-18,23-24H2,1-2H3. The number of hydrogen-bond acceptors (Lipinski definition) is 0. The monoisotopic (exact) mass is 466 g/mol. The van der Waals surface area contributed by atoms with Gasteiger partial charge in [0.2, 0.25) is 0 Å². The summed E-state index contributed by atoms with van der Waals surface area (Å²) < 4.78 is 0. The molecule has 0 unspecified atom stereocenters. The Morgan fingerprint density at radius 1 is 0.514 bits per heavy atom. The van der Waals surface area contributed by atoms with Crippen LogP contribution in [-0.4, -0.2) is 0 Å². The fraction of sp³-hybridized carbons (Fsp3) is 0.543. The minimum absolute atomic E-state index is 0.194. The summed E-state index contributed by atoms with van der Waals surface area (Å²) in [5.41, 5.74) is 9.42. The van der Waals surface area contributed by atoms with E-state index in [1.807, 2.05) is 0 Å². The number of rotatable bonds is 0. The smallest absolute Gasteiger partial charge is 0.0215 e. The quantitative estimate of drug-likeness (QED) is 0.309. The van der Waals surface area contributed by atoms with E-state index in [2.05, 4.69) is 62.4 Å². The number of benzene rings is 3. The van der Waals surface area contributed by atoms with Crippen LogP contribution in [0.4, 0.5) is 0 Å². The molecule has 2 aliphatic rings. The summed E-state index contributed by atoms with van der Waals surface area (Å²) in [4.78, 5) is 0. The highest BCUT2D eigenvalue weighted by Crippen LogP contribution is 2.56. The molecular formula is C35H46. The van der Waals surface area contributed by atoms with Crippen LogP contribution in [0.2, 0.25) is 0 Å². The van der Waals surface area contributed by atoms with E-state index in [-0.39, 0.29) is 5.41 Å². The van der Waals surface area contributed by atoms with E-state index in [9.17, 15) is 0 Å². The lowest BCUT2D eigenvalue weighted by Gasteiger charge is -2.33. The molecule has 0 nitrogen and oxygen atoms in total. The van der Waals surface area contributed by atoms with Gasteiger partial charge in [0.15, 0.2) is 0 Å². The first kappa shape index (κ1) is 24.6. The maximum atomic E-state index is 2.59. The van der Waals surface area contributed by atoms with Crippen molar-refractivity contribution in [1.29, 1.82) is 0 Å². The van der Waals surface area contributed by atoms with Crippen molar-refractivity contribution in [3.05, 3.63) is 70.8 Å². The van der Waals surface area contributed by atoms with Crippen molar-refractivity contribution in [2.75, 3.05) is 0 Å². The van der Waals surface area contributed by atoms with Crippen molar-refractivity contribution < 1.29 is 0 Å². The Labute approximate surface area is 214 Å². The Morgan fingerprint density at radius 2 is 1.03 bits per heavy atom. The second-order valence-electron chi connectivity index (χ2n) is 11.7. The van der Waals surface area contributed by atoms with Gasteiger partial charge in [-0.05, 0) is 65.3 Å². The van der Waals surface area contributed by atoms with Gasteiger partial charge in [-0.3, -0.25) is 0 Å². The molecule has 3 aromatic carbocycles. The first-order valence-corrected chi connectivity index (χ1v) is 14.8. The van der Waals surface area contributed by atoms with Gasteiger partial charge in [-0.25, -0.2) is 0 Å². The molecule has 186 valence electrons. The van der Waals surface area contributed by atoms with E-state index >= 15 is 0 Å². The van der Waals surface area contributed by atoms with E-state index < -0.39 is 0 Å². The summed E-state index contributed by atoms with van der Waals surface area (Å²) in [6.45, 7) is 4.63. The van der Waals surface area contributed by atoms with Crippen molar-refractivity contribution in [1.82, 2.24) is 0 Å². The molecule has 0 aromatic heterocycles. The normalized spacial score (nSPS) is 19.8. The van der Waals surface area contributed by atoms with Gasteiger partial charge in [-0.1, -0.05) is 144 Å². The molecule has 1 saturated carbocycles. The van der Waals surface area contributed by atoms with Gasteiger partial charge in [-0.2, -0.15) is 0 Å². The van der Waals surface area contributed by atoms with Gasteiger partial charge >= 0.3 is 0 Å². The molecule has 0 bridgehead atoms. The van der Waals surface area contributed by atoms with Crippen molar-refractivity contribution >= 4 is 10.8 Å². The summed E-state index contributed by atoms with van der Waals surface area (Å²) in [5.74, 6) is 0. The Morgan fingerprint density at radius 3 is 1.60 bits per heavy atom. The van der Waals surface area contributed by atoms with E-state index in [4.69, 9.17) is 0 Å². The highest BCUT2D eigenvalue weighted by Gasteiger charge is 2.43. The molecule has 0 N–H and O–H groups in total. The zero-order valence-electron chi connectivity index (χ0n) is 22.4. The van der Waals surface area contributed by atoms with Gasteiger partial charge in [0, 0.05) is 5.41 Å². The van der Waals surface area contributed by atoms with Gasteiger partial charge in [0.1, 0.15) is 0 Å². The molecule has 1 fully saturated rings. The van der Waals surface area contributed by atoms with Gasteiger partial charge < -0.3 is 0 Å². The minimum Gasteiger partial charge on any atom is -0.0616 e. The third-order valence-electron chi connectivity index (χ3n) is 9.18. The largest absolute Gasteiger partial charge is 0.0616 e. The zero-order chi connectivity index (χ0) is 24.1. The van der Waals surface area contributed by atoms with Crippen LogP contribution in [0.5, 0.6) is 0 Å². The maximum absolute atomic E-state index is 2.59. The maximum Gasteiger partial charge on any atom is 0.0215 e. The van der Waals surface area contributed by atoms with Crippen LogP contribution in [0, 0.1) is 13.8 Å². The molecule has 1 spiro atoms. The molecule has 0 radical (unpaired) electrons. The third-order valence-corrected chi connectivity index (χ3v) is 9.18. The molecule has 0 heterocycles. The Kier molecular flexibility index (Phi) is 7.96. The van der Waals surface area contributed by atoms with Crippen LogP contribution in [0.3, 0.4) is 0 Å². The van der Waals surface area contributed by atoms with Crippen LogP contribution < -0.4 is 0 Å². The summed E-state index contributed by atoms with van der Waals surface area (Å²) in [6.07, 6.45) is 22.6. The summed E-state index contributed by atoms with van der Waals surface area (Å²) in [6, 6.07) is 19.1. The van der Waals surface area contributed by atoms with Crippen LogP contribution >= 0.6 is 0 Å². The Bertz CT molecular complexity index is 1120. The molecule has 0 saturated heterocycles. The Hall–Kier alpha value is -2.08. The minimum atomic E-state index is 0.194. The molecule has 0 amide bonds. The predicted molar refractivity (Wildman–Crippen MR) is 154 cm³/mol. The highest BCUT2D eigenvalue weighted by atomic mass is 14.5. The SMILES string of the molecule is Cc1ccc2c(c1)C1(CCCCCCCCCCCCCCCC1)c1cc(C)c3ccccc3c1-2. The molecule has 3 aromatic rings. The lowest BCUT2D eigenvalue weighted by Crippen LogP contribution is -2.26.